The van der Waals surface area contributed by atoms with Crippen molar-refractivity contribution in [2.24, 2.45) is 5.73 Å². The van der Waals surface area contributed by atoms with Crippen molar-refractivity contribution in [3.05, 3.63) is 22.4 Å². The molecule has 1 unspecified atom stereocenters. The molecular weight excluding hydrogens is 236 g/mol. The Labute approximate surface area is 105 Å². The molecule has 5 heteroatoms. The van der Waals surface area contributed by atoms with Crippen LogP contribution >= 0.6 is 11.3 Å². The number of rotatable bonds is 5. The lowest BCUT2D eigenvalue weighted by Crippen LogP contribution is -2.48. The second kappa shape index (κ2) is 5.62. The first kappa shape index (κ1) is 12.5. The molecule has 1 saturated carbocycles. The Morgan fingerprint density at radius 3 is 2.88 bits per heavy atom. The van der Waals surface area contributed by atoms with E-state index >= 15 is 0 Å². The molecular formula is C12H18N2O2S. The quantitative estimate of drug-likeness (QED) is 0.827. The first-order valence-corrected chi connectivity index (χ1v) is 6.82. The standard InChI is InChI=1S/C12H18N2O2S/c13-11(10-5-2-8-17-10)12(16)14(6-7-15)9-3-1-4-9/h2,5,8-9,11,15H,1,3-4,6-7,13H2. The summed E-state index contributed by atoms with van der Waals surface area (Å²) >= 11 is 1.50. The summed E-state index contributed by atoms with van der Waals surface area (Å²) in [5, 5.41) is 11.0. The molecule has 0 aromatic carbocycles. The first-order chi connectivity index (χ1) is 8.24. The van der Waals surface area contributed by atoms with Gasteiger partial charge in [-0.1, -0.05) is 6.07 Å². The van der Waals surface area contributed by atoms with E-state index in [4.69, 9.17) is 10.8 Å². The zero-order chi connectivity index (χ0) is 12.3. The van der Waals surface area contributed by atoms with Crippen LogP contribution in [0, 0.1) is 0 Å². The monoisotopic (exact) mass is 254 g/mol. The maximum absolute atomic E-state index is 12.3. The molecule has 0 saturated heterocycles. The summed E-state index contributed by atoms with van der Waals surface area (Å²) in [6.45, 7) is 0.391. The molecule has 1 fully saturated rings. The van der Waals surface area contributed by atoms with E-state index in [0.29, 0.717) is 6.54 Å². The van der Waals surface area contributed by atoms with Crippen molar-refractivity contribution in [1.29, 1.82) is 0 Å². The molecule has 0 aliphatic heterocycles. The van der Waals surface area contributed by atoms with E-state index in [-0.39, 0.29) is 18.6 Å². The van der Waals surface area contributed by atoms with Crippen molar-refractivity contribution in [1.82, 2.24) is 4.90 Å². The molecule has 3 N–H and O–H groups in total. The molecule has 0 bridgehead atoms. The Hall–Kier alpha value is -0.910. The Balaban J connectivity index is 2.04. The minimum Gasteiger partial charge on any atom is -0.395 e. The van der Waals surface area contributed by atoms with Gasteiger partial charge < -0.3 is 15.7 Å². The summed E-state index contributed by atoms with van der Waals surface area (Å²) < 4.78 is 0. The largest absolute Gasteiger partial charge is 0.395 e. The van der Waals surface area contributed by atoms with Gasteiger partial charge in [0.1, 0.15) is 6.04 Å². The fourth-order valence-electron chi connectivity index (χ4n) is 2.05. The fraction of sp³-hybridized carbons (Fsp3) is 0.583. The van der Waals surface area contributed by atoms with Gasteiger partial charge in [-0.2, -0.15) is 0 Å². The molecule has 1 amide bonds. The van der Waals surface area contributed by atoms with E-state index in [9.17, 15) is 4.79 Å². The Morgan fingerprint density at radius 2 is 2.41 bits per heavy atom. The number of carbonyl (C=O) groups excluding carboxylic acids is 1. The van der Waals surface area contributed by atoms with Crippen molar-refractivity contribution < 1.29 is 9.90 Å². The Kier molecular flexibility index (Phi) is 4.15. The normalized spacial score (nSPS) is 17.5. The van der Waals surface area contributed by atoms with Crippen LogP contribution in [0.2, 0.25) is 0 Å². The lowest BCUT2D eigenvalue weighted by molar-refractivity contribution is -0.137. The van der Waals surface area contributed by atoms with Gasteiger partial charge in [0.15, 0.2) is 0 Å². The Morgan fingerprint density at radius 1 is 1.65 bits per heavy atom. The van der Waals surface area contributed by atoms with E-state index in [1.54, 1.807) is 4.90 Å². The number of hydrogen-bond donors (Lipinski definition) is 2. The van der Waals surface area contributed by atoms with E-state index < -0.39 is 6.04 Å². The second-order valence-corrected chi connectivity index (χ2v) is 5.31. The topological polar surface area (TPSA) is 66.6 Å². The lowest BCUT2D eigenvalue weighted by Gasteiger charge is -2.38. The lowest BCUT2D eigenvalue weighted by atomic mass is 9.91. The van der Waals surface area contributed by atoms with Crippen LogP contribution in [0.15, 0.2) is 17.5 Å². The van der Waals surface area contributed by atoms with Crippen LogP contribution in [0.3, 0.4) is 0 Å². The number of carbonyl (C=O) groups is 1. The first-order valence-electron chi connectivity index (χ1n) is 5.94. The average molecular weight is 254 g/mol. The van der Waals surface area contributed by atoms with Crippen molar-refractivity contribution in [2.75, 3.05) is 13.2 Å². The highest BCUT2D eigenvalue weighted by molar-refractivity contribution is 7.10. The number of thiophene rings is 1. The van der Waals surface area contributed by atoms with Crippen LogP contribution < -0.4 is 5.73 Å². The van der Waals surface area contributed by atoms with E-state index in [0.717, 1.165) is 24.1 Å². The van der Waals surface area contributed by atoms with Gasteiger partial charge in [-0.3, -0.25) is 4.79 Å². The number of aliphatic hydroxyl groups excluding tert-OH is 1. The van der Waals surface area contributed by atoms with E-state index in [1.807, 2.05) is 17.5 Å². The number of amides is 1. The van der Waals surface area contributed by atoms with Gasteiger partial charge in [0.05, 0.1) is 6.61 Å². The van der Waals surface area contributed by atoms with Crippen LogP contribution in [-0.2, 0) is 4.79 Å². The van der Waals surface area contributed by atoms with Crippen molar-refractivity contribution in [2.45, 2.75) is 31.3 Å². The van der Waals surface area contributed by atoms with Gasteiger partial charge in [-0.25, -0.2) is 0 Å². The molecule has 0 radical (unpaired) electrons. The van der Waals surface area contributed by atoms with Crippen molar-refractivity contribution >= 4 is 17.2 Å². The summed E-state index contributed by atoms with van der Waals surface area (Å²) in [7, 11) is 0. The fourth-order valence-corrected chi connectivity index (χ4v) is 2.77. The molecule has 1 aromatic rings. The van der Waals surface area contributed by atoms with Gasteiger partial charge in [0.2, 0.25) is 5.91 Å². The Bertz CT molecular complexity index is 363. The summed E-state index contributed by atoms with van der Waals surface area (Å²) in [6.07, 6.45) is 3.22. The van der Waals surface area contributed by atoms with E-state index in [1.165, 1.54) is 11.3 Å². The van der Waals surface area contributed by atoms with E-state index in [2.05, 4.69) is 0 Å². The van der Waals surface area contributed by atoms with Crippen molar-refractivity contribution in [3.8, 4) is 0 Å². The van der Waals surface area contributed by atoms with Crippen LogP contribution in [0.25, 0.3) is 0 Å². The van der Waals surface area contributed by atoms with Gasteiger partial charge in [-0.15, -0.1) is 11.3 Å². The zero-order valence-corrected chi connectivity index (χ0v) is 10.5. The zero-order valence-electron chi connectivity index (χ0n) is 9.71. The summed E-state index contributed by atoms with van der Waals surface area (Å²) in [5.74, 6) is -0.0637. The smallest absolute Gasteiger partial charge is 0.245 e. The average Bonchev–Trinajstić information content (AvgIpc) is 2.77. The molecule has 1 atom stereocenters. The number of aliphatic hydroxyl groups is 1. The highest BCUT2D eigenvalue weighted by Crippen LogP contribution is 2.27. The number of hydrogen-bond acceptors (Lipinski definition) is 4. The predicted octanol–water partition coefficient (Wildman–Crippen LogP) is 1.12. The number of nitrogens with two attached hydrogens (primary N) is 1. The third kappa shape index (κ3) is 2.68. The predicted molar refractivity (Wildman–Crippen MR) is 67.7 cm³/mol. The molecule has 1 aromatic heterocycles. The van der Waals surface area contributed by atoms with Crippen LogP contribution in [0.1, 0.15) is 30.2 Å². The summed E-state index contributed by atoms with van der Waals surface area (Å²) in [5.41, 5.74) is 5.97. The van der Waals surface area contributed by atoms with Gasteiger partial charge in [0.25, 0.3) is 0 Å². The molecule has 0 spiro atoms. The number of nitrogens with zero attached hydrogens (tertiary/aromatic N) is 1. The third-order valence-electron chi connectivity index (χ3n) is 3.26. The highest BCUT2D eigenvalue weighted by Gasteiger charge is 2.31. The van der Waals surface area contributed by atoms with Crippen LogP contribution in [0.5, 0.6) is 0 Å². The molecule has 1 aliphatic carbocycles. The molecule has 94 valence electrons. The summed E-state index contributed by atoms with van der Waals surface area (Å²) in [4.78, 5) is 14.9. The van der Waals surface area contributed by atoms with Gasteiger partial charge >= 0.3 is 0 Å². The third-order valence-corrected chi connectivity index (χ3v) is 4.21. The summed E-state index contributed by atoms with van der Waals surface area (Å²) in [6, 6.07) is 3.47. The molecule has 1 heterocycles. The van der Waals surface area contributed by atoms with Crippen LogP contribution in [0.4, 0.5) is 0 Å². The van der Waals surface area contributed by atoms with Gasteiger partial charge in [0, 0.05) is 17.5 Å². The SMILES string of the molecule is NC(C(=O)N(CCO)C1CCC1)c1cccs1. The minimum absolute atomic E-state index is 0.000595. The maximum atomic E-state index is 12.3. The molecule has 4 nitrogen and oxygen atoms in total. The van der Waals surface area contributed by atoms with Crippen molar-refractivity contribution in [3.63, 3.8) is 0 Å². The van der Waals surface area contributed by atoms with Crippen LogP contribution in [-0.4, -0.2) is 35.1 Å². The molecule has 1 aliphatic rings. The molecule has 2 rings (SSSR count). The van der Waals surface area contributed by atoms with Gasteiger partial charge in [-0.05, 0) is 30.7 Å². The maximum Gasteiger partial charge on any atom is 0.245 e. The minimum atomic E-state index is -0.581. The molecule has 17 heavy (non-hydrogen) atoms. The second-order valence-electron chi connectivity index (χ2n) is 4.33. The highest BCUT2D eigenvalue weighted by atomic mass is 32.1.